The van der Waals surface area contributed by atoms with Crippen LogP contribution >= 0.6 is 11.3 Å². The van der Waals surface area contributed by atoms with Gasteiger partial charge >= 0.3 is 0 Å². The number of aromatic nitrogens is 2. The number of thiophene rings is 1. The van der Waals surface area contributed by atoms with Gasteiger partial charge in [0.25, 0.3) is 11.5 Å². The molecule has 0 aliphatic carbocycles. The van der Waals surface area contributed by atoms with Gasteiger partial charge in [-0.1, -0.05) is 0 Å². The van der Waals surface area contributed by atoms with Crippen LogP contribution in [0.1, 0.15) is 20.9 Å². The molecule has 0 saturated carbocycles. The quantitative estimate of drug-likeness (QED) is 0.833. The summed E-state index contributed by atoms with van der Waals surface area (Å²) in [6, 6.07) is 4.84. The molecule has 3 rings (SSSR count). The first-order valence-electron chi connectivity index (χ1n) is 5.64. The highest BCUT2D eigenvalue weighted by Gasteiger charge is 2.23. The van der Waals surface area contributed by atoms with Crippen molar-refractivity contribution < 1.29 is 4.79 Å². The molecule has 1 N–H and O–H groups in total. The van der Waals surface area contributed by atoms with Crippen LogP contribution in [0.5, 0.6) is 0 Å². The fourth-order valence-electron chi connectivity index (χ4n) is 2.05. The van der Waals surface area contributed by atoms with Gasteiger partial charge in [-0.05, 0) is 29.5 Å². The Labute approximate surface area is 107 Å². The summed E-state index contributed by atoms with van der Waals surface area (Å²) in [7, 11) is 0. The number of nitrogens with zero attached hydrogens (tertiary/aromatic N) is 2. The lowest BCUT2D eigenvalue weighted by Crippen LogP contribution is -2.36. The summed E-state index contributed by atoms with van der Waals surface area (Å²) >= 11 is 1.74. The van der Waals surface area contributed by atoms with E-state index >= 15 is 0 Å². The second-order valence-corrected chi connectivity index (χ2v) is 5.15. The summed E-state index contributed by atoms with van der Waals surface area (Å²) in [6.07, 6.45) is 0.891. The minimum absolute atomic E-state index is 0.136. The fraction of sp³-hybridized carbons (Fsp3) is 0.250. The van der Waals surface area contributed by atoms with Crippen LogP contribution in [0.25, 0.3) is 0 Å². The molecule has 0 bridgehead atoms. The monoisotopic (exact) mass is 261 g/mol. The summed E-state index contributed by atoms with van der Waals surface area (Å²) in [5.41, 5.74) is 1.20. The van der Waals surface area contributed by atoms with Crippen LogP contribution in [0, 0.1) is 0 Å². The van der Waals surface area contributed by atoms with Gasteiger partial charge in [-0.25, -0.2) is 5.10 Å². The highest BCUT2D eigenvalue weighted by atomic mass is 32.1. The van der Waals surface area contributed by atoms with Gasteiger partial charge in [0.2, 0.25) is 0 Å². The summed E-state index contributed by atoms with van der Waals surface area (Å²) in [5.74, 6) is -0.136. The van der Waals surface area contributed by atoms with Crippen molar-refractivity contribution in [2.75, 3.05) is 6.54 Å². The van der Waals surface area contributed by atoms with E-state index in [1.165, 1.54) is 22.6 Å². The van der Waals surface area contributed by atoms with Gasteiger partial charge in [0.15, 0.2) is 0 Å². The van der Waals surface area contributed by atoms with Crippen LogP contribution in [0.4, 0.5) is 0 Å². The zero-order chi connectivity index (χ0) is 12.5. The number of carbonyl (C=O) groups is 1. The maximum Gasteiger partial charge on any atom is 0.274 e. The Balaban J connectivity index is 1.82. The van der Waals surface area contributed by atoms with E-state index in [4.69, 9.17) is 0 Å². The number of amides is 1. The van der Waals surface area contributed by atoms with Crippen LogP contribution in [0.3, 0.4) is 0 Å². The average molecular weight is 261 g/mol. The topological polar surface area (TPSA) is 66.1 Å². The summed E-state index contributed by atoms with van der Waals surface area (Å²) in [6.45, 7) is 1.33. The normalized spacial score (nSPS) is 14.3. The lowest BCUT2D eigenvalue weighted by molar-refractivity contribution is 0.0728. The molecule has 0 fully saturated rings. The number of hydrogen-bond donors (Lipinski definition) is 1. The molecule has 0 atom stereocenters. The van der Waals surface area contributed by atoms with Gasteiger partial charge in [0.05, 0.1) is 0 Å². The second-order valence-electron chi connectivity index (χ2n) is 4.15. The predicted molar refractivity (Wildman–Crippen MR) is 67.6 cm³/mol. The zero-order valence-electron chi connectivity index (χ0n) is 9.55. The molecule has 5 nitrogen and oxygen atoms in total. The third-order valence-electron chi connectivity index (χ3n) is 2.99. The van der Waals surface area contributed by atoms with Gasteiger partial charge in [0, 0.05) is 24.0 Å². The summed E-state index contributed by atoms with van der Waals surface area (Å²) in [5, 5.41) is 8.11. The van der Waals surface area contributed by atoms with Crippen LogP contribution in [-0.4, -0.2) is 27.5 Å². The number of H-pyrrole nitrogens is 1. The Morgan fingerprint density at radius 1 is 1.39 bits per heavy atom. The minimum Gasteiger partial charge on any atom is -0.333 e. The lowest BCUT2D eigenvalue weighted by Gasteiger charge is -2.26. The molecule has 0 saturated heterocycles. The number of fused-ring (bicyclic) bond motifs is 1. The molecule has 1 aliphatic heterocycles. The van der Waals surface area contributed by atoms with Crippen molar-refractivity contribution in [1.82, 2.24) is 15.1 Å². The largest absolute Gasteiger partial charge is 0.333 e. The maximum atomic E-state index is 12.2. The van der Waals surface area contributed by atoms with Crippen molar-refractivity contribution >= 4 is 17.2 Å². The molecule has 92 valence electrons. The van der Waals surface area contributed by atoms with Gasteiger partial charge < -0.3 is 4.90 Å². The first kappa shape index (κ1) is 11.2. The van der Waals surface area contributed by atoms with E-state index in [0.717, 1.165) is 6.42 Å². The van der Waals surface area contributed by atoms with Crippen molar-refractivity contribution in [1.29, 1.82) is 0 Å². The van der Waals surface area contributed by atoms with Crippen molar-refractivity contribution in [3.05, 3.63) is 50.1 Å². The molecule has 0 radical (unpaired) electrons. The summed E-state index contributed by atoms with van der Waals surface area (Å²) in [4.78, 5) is 26.2. The smallest absolute Gasteiger partial charge is 0.274 e. The Hall–Kier alpha value is -1.95. The Bertz CT molecular complexity index is 626. The zero-order valence-corrected chi connectivity index (χ0v) is 10.4. The van der Waals surface area contributed by atoms with Crippen LogP contribution in [-0.2, 0) is 13.0 Å². The molecule has 0 spiro atoms. The maximum absolute atomic E-state index is 12.2. The van der Waals surface area contributed by atoms with Crippen LogP contribution in [0.2, 0.25) is 0 Å². The van der Waals surface area contributed by atoms with E-state index in [2.05, 4.69) is 21.6 Å². The van der Waals surface area contributed by atoms with E-state index in [1.807, 2.05) is 0 Å². The van der Waals surface area contributed by atoms with Crippen molar-refractivity contribution in [3.63, 3.8) is 0 Å². The number of hydrogen-bond acceptors (Lipinski definition) is 4. The molecule has 6 heteroatoms. The second kappa shape index (κ2) is 4.38. The van der Waals surface area contributed by atoms with E-state index in [-0.39, 0.29) is 17.2 Å². The van der Waals surface area contributed by atoms with Gasteiger partial charge in [-0.2, -0.15) is 5.10 Å². The number of carbonyl (C=O) groups excluding carboxylic acids is 1. The first-order valence-corrected chi connectivity index (χ1v) is 6.52. The molecular formula is C12H11N3O2S. The summed E-state index contributed by atoms with van der Waals surface area (Å²) < 4.78 is 0. The fourth-order valence-corrected chi connectivity index (χ4v) is 2.94. The third kappa shape index (κ3) is 1.95. The van der Waals surface area contributed by atoms with Crippen molar-refractivity contribution in [2.45, 2.75) is 13.0 Å². The third-order valence-corrected chi connectivity index (χ3v) is 4.02. The molecule has 1 amide bonds. The average Bonchev–Trinajstić information content (AvgIpc) is 2.86. The van der Waals surface area contributed by atoms with E-state index in [0.29, 0.717) is 13.1 Å². The van der Waals surface area contributed by atoms with E-state index < -0.39 is 0 Å². The molecule has 2 aromatic heterocycles. The Kier molecular flexibility index (Phi) is 2.71. The number of nitrogens with one attached hydrogen (secondary N) is 1. The SMILES string of the molecule is O=C(c1ccc(=O)[nH]n1)N1CCc2sccc2C1. The standard InChI is InChI=1S/C12H11N3O2S/c16-11-2-1-9(13-14-11)12(17)15-5-3-10-8(7-15)4-6-18-10/h1-2,4,6H,3,5,7H2,(H,14,16). The van der Waals surface area contributed by atoms with Crippen molar-refractivity contribution in [3.8, 4) is 0 Å². The van der Waals surface area contributed by atoms with Crippen LogP contribution in [0.15, 0.2) is 28.4 Å². The highest BCUT2D eigenvalue weighted by molar-refractivity contribution is 7.10. The first-order chi connectivity index (χ1) is 8.74. The Morgan fingerprint density at radius 2 is 2.28 bits per heavy atom. The van der Waals surface area contributed by atoms with E-state index in [1.54, 1.807) is 16.2 Å². The molecule has 1 aliphatic rings. The molecule has 0 unspecified atom stereocenters. The molecule has 0 aromatic carbocycles. The molecular weight excluding hydrogens is 250 g/mol. The predicted octanol–water partition coefficient (Wildman–Crippen LogP) is 1.03. The van der Waals surface area contributed by atoms with Crippen molar-refractivity contribution in [2.24, 2.45) is 0 Å². The van der Waals surface area contributed by atoms with E-state index in [9.17, 15) is 9.59 Å². The number of aromatic amines is 1. The minimum atomic E-state index is -0.301. The molecule has 2 aromatic rings. The Morgan fingerprint density at radius 3 is 3.06 bits per heavy atom. The van der Waals surface area contributed by atoms with Crippen LogP contribution < -0.4 is 5.56 Å². The molecule has 3 heterocycles. The number of rotatable bonds is 1. The lowest BCUT2D eigenvalue weighted by atomic mass is 10.1. The molecule has 18 heavy (non-hydrogen) atoms. The van der Waals surface area contributed by atoms with Gasteiger partial charge in [0.1, 0.15) is 5.69 Å². The van der Waals surface area contributed by atoms with Gasteiger partial charge in [-0.3, -0.25) is 9.59 Å². The highest BCUT2D eigenvalue weighted by Crippen LogP contribution is 2.24. The van der Waals surface area contributed by atoms with Gasteiger partial charge in [-0.15, -0.1) is 11.3 Å².